The molecular formula is C17H20N2O3S2. The van der Waals surface area contributed by atoms with Gasteiger partial charge < -0.3 is 5.32 Å². The average molecular weight is 364 g/mol. The summed E-state index contributed by atoms with van der Waals surface area (Å²) in [5, 5.41) is 6.67. The van der Waals surface area contributed by atoms with Crippen molar-refractivity contribution < 1.29 is 13.2 Å². The molecule has 7 heteroatoms. The lowest BCUT2D eigenvalue weighted by atomic mass is 10.2. The number of amides is 1. The van der Waals surface area contributed by atoms with Crippen molar-refractivity contribution in [3.05, 3.63) is 46.7 Å². The smallest absolute Gasteiger partial charge is 0.243 e. The number of rotatable bonds is 5. The second-order valence-corrected chi connectivity index (χ2v) is 8.56. The Bertz CT molecular complexity index is 778. The van der Waals surface area contributed by atoms with E-state index in [1.54, 1.807) is 39.9 Å². The highest BCUT2D eigenvalue weighted by Crippen LogP contribution is 2.22. The fraction of sp³-hybridized carbons (Fsp3) is 0.353. The molecular weight excluding hydrogens is 344 g/mol. The summed E-state index contributed by atoms with van der Waals surface area (Å²) in [7, 11) is -3.43. The van der Waals surface area contributed by atoms with Gasteiger partial charge >= 0.3 is 0 Å². The molecule has 0 spiro atoms. The average Bonchev–Trinajstić information content (AvgIpc) is 3.09. The molecule has 1 aliphatic heterocycles. The van der Waals surface area contributed by atoms with Crippen LogP contribution in [0.2, 0.25) is 0 Å². The van der Waals surface area contributed by atoms with Crippen LogP contribution in [0.25, 0.3) is 0 Å². The molecule has 0 radical (unpaired) electrons. The lowest BCUT2D eigenvalue weighted by Crippen LogP contribution is -2.35. The quantitative estimate of drug-likeness (QED) is 0.886. The monoisotopic (exact) mass is 364 g/mol. The third-order valence-corrected chi connectivity index (χ3v) is 6.68. The van der Waals surface area contributed by atoms with Crippen LogP contribution in [0.15, 0.2) is 46.0 Å². The fourth-order valence-electron chi connectivity index (χ4n) is 2.75. The van der Waals surface area contributed by atoms with Crippen molar-refractivity contribution in [3.63, 3.8) is 0 Å². The molecule has 5 nitrogen and oxygen atoms in total. The summed E-state index contributed by atoms with van der Waals surface area (Å²) in [4.78, 5) is 12.3. The van der Waals surface area contributed by atoms with Crippen LogP contribution in [0, 0.1) is 0 Å². The normalized spacial score (nSPS) is 16.0. The van der Waals surface area contributed by atoms with E-state index in [-0.39, 0.29) is 10.8 Å². The molecule has 0 aliphatic carbocycles. The standard InChI is InChI=1S/C17H20N2O3S2/c20-17(12-14-8-11-23-13-14)18-15-4-6-16(7-5-15)24(21,22)19-9-2-1-3-10-19/h4-8,11,13H,1-3,9-10,12H2,(H,18,20). The number of sulfonamides is 1. The van der Waals surface area contributed by atoms with Gasteiger partial charge in [0.2, 0.25) is 15.9 Å². The predicted molar refractivity (Wildman–Crippen MR) is 95.7 cm³/mol. The first-order chi connectivity index (χ1) is 11.6. The fourth-order valence-corrected chi connectivity index (χ4v) is 4.93. The molecule has 1 aromatic heterocycles. The third-order valence-electron chi connectivity index (χ3n) is 4.04. The molecule has 0 bridgehead atoms. The van der Waals surface area contributed by atoms with E-state index in [2.05, 4.69) is 5.32 Å². The first-order valence-corrected chi connectivity index (χ1v) is 10.4. The van der Waals surface area contributed by atoms with Crippen molar-refractivity contribution >= 4 is 33.0 Å². The molecule has 3 rings (SSSR count). The highest BCUT2D eigenvalue weighted by atomic mass is 32.2. The molecule has 1 amide bonds. The summed E-state index contributed by atoms with van der Waals surface area (Å²) in [5.74, 6) is -0.111. The lowest BCUT2D eigenvalue weighted by Gasteiger charge is -2.25. The maximum atomic E-state index is 12.6. The van der Waals surface area contributed by atoms with Crippen LogP contribution in [0.5, 0.6) is 0 Å². The van der Waals surface area contributed by atoms with Gasteiger partial charge in [-0.3, -0.25) is 4.79 Å². The van der Waals surface area contributed by atoms with Gasteiger partial charge in [-0.1, -0.05) is 6.42 Å². The number of thiophene rings is 1. The maximum Gasteiger partial charge on any atom is 0.243 e. The molecule has 1 aliphatic rings. The predicted octanol–water partition coefficient (Wildman–Crippen LogP) is 3.10. The van der Waals surface area contributed by atoms with Crippen LogP contribution >= 0.6 is 11.3 Å². The van der Waals surface area contributed by atoms with Gasteiger partial charge in [0, 0.05) is 18.8 Å². The first-order valence-electron chi connectivity index (χ1n) is 7.97. The summed E-state index contributed by atoms with van der Waals surface area (Å²) < 4.78 is 26.7. The van der Waals surface area contributed by atoms with Crippen molar-refractivity contribution in [2.75, 3.05) is 18.4 Å². The van der Waals surface area contributed by atoms with Crippen LogP contribution in [0.4, 0.5) is 5.69 Å². The minimum atomic E-state index is -3.43. The van der Waals surface area contributed by atoms with Gasteiger partial charge in [-0.2, -0.15) is 15.6 Å². The Hall–Kier alpha value is -1.70. The Labute approximate surface area is 146 Å². The molecule has 1 aromatic carbocycles. The Morgan fingerprint density at radius 1 is 1.08 bits per heavy atom. The molecule has 1 saturated heterocycles. The van der Waals surface area contributed by atoms with Crippen LogP contribution in [-0.2, 0) is 21.2 Å². The number of nitrogens with zero attached hydrogens (tertiary/aromatic N) is 1. The second-order valence-electron chi connectivity index (χ2n) is 5.85. The van der Waals surface area contributed by atoms with Gasteiger partial charge in [0.05, 0.1) is 11.3 Å². The molecule has 2 aromatic rings. The molecule has 0 atom stereocenters. The Kier molecular flexibility index (Phi) is 5.33. The maximum absolute atomic E-state index is 12.6. The summed E-state index contributed by atoms with van der Waals surface area (Å²) in [6, 6.07) is 8.32. The first kappa shape index (κ1) is 17.1. The number of nitrogens with one attached hydrogen (secondary N) is 1. The van der Waals surface area contributed by atoms with Gasteiger partial charge in [0.25, 0.3) is 0 Å². The van der Waals surface area contributed by atoms with Crippen molar-refractivity contribution in [3.8, 4) is 0 Å². The highest BCUT2D eigenvalue weighted by Gasteiger charge is 2.25. The highest BCUT2D eigenvalue weighted by molar-refractivity contribution is 7.89. The van der Waals surface area contributed by atoms with E-state index in [4.69, 9.17) is 0 Å². The van der Waals surface area contributed by atoms with E-state index in [0.29, 0.717) is 25.2 Å². The number of benzene rings is 1. The molecule has 2 heterocycles. The van der Waals surface area contributed by atoms with Crippen LogP contribution in [-0.4, -0.2) is 31.7 Å². The van der Waals surface area contributed by atoms with Gasteiger partial charge in [0.1, 0.15) is 0 Å². The van der Waals surface area contributed by atoms with Crippen LogP contribution < -0.4 is 5.32 Å². The summed E-state index contributed by atoms with van der Waals surface area (Å²) in [6.07, 6.45) is 3.23. The number of hydrogen-bond acceptors (Lipinski definition) is 4. The van der Waals surface area contributed by atoms with Crippen molar-refractivity contribution in [1.82, 2.24) is 4.31 Å². The van der Waals surface area contributed by atoms with Crippen molar-refractivity contribution in [2.45, 2.75) is 30.6 Å². The second kappa shape index (κ2) is 7.46. The molecule has 1 N–H and O–H groups in total. The largest absolute Gasteiger partial charge is 0.326 e. The molecule has 0 unspecified atom stereocenters. The SMILES string of the molecule is O=C(Cc1ccsc1)Nc1ccc(S(=O)(=O)N2CCCCC2)cc1. The molecule has 0 saturated carbocycles. The Morgan fingerprint density at radius 2 is 1.79 bits per heavy atom. The van der Waals surface area contributed by atoms with E-state index in [1.807, 2.05) is 16.8 Å². The molecule has 1 fully saturated rings. The lowest BCUT2D eigenvalue weighted by molar-refractivity contribution is -0.115. The minimum Gasteiger partial charge on any atom is -0.326 e. The van der Waals surface area contributed by atoms with Gasteiger partial charge in [-0.15, -0.1) is 0 Å². The number of anilines is 1. The number of carbonyl (C=O) groups excluding carboxylic acids is 1. The van der Waals surface area contributed by atoms with Crippen molar-refractivity contribution in [2.24, 2.45) is 0 Å². The van der Waals surface area contributed by atoms with Crippen LogP contribution in [0.1, 0.15) is 24.8 Å². The molecule has 128 valence electrons. The van der Waals surface area contributed by atoms with Crippen molar-refractivity contribution in [1.29, 1.82) is 0 Å². The van der Waals surface area contributed by atoms with E-state index in [1.165, 1.54) is 0 Å². The zero-order valence-electron chi connectivity index (χ0n) is 13.3. The van der Waals surface area contributed by atoms with Gasteiger partial charge in [0.15, 0.2) is 0 Å². The van der Waals surface area contributed by atoms with Gasteiger partial charge in [-0.25, -0.2) is 8.42 Å². The summed E-state index contributed by atoms with van der Waals surface area (Å²) >= 11 is 1.55. The minimum absolute atomic E-state index is 0.111. The Balaban J connectivity index is 1.65. The zero-order valence-corrected chi connectivity index (χ0v) is 14.9. The third kappa shape index (κ3) is 4.03. The number of carbonyl (C=O) groups is 1. The topological polar surface area (TPSA) is 66.5 Å². The number of hydrogen-bond donors (Lipinski definition) is 1. The molecule has 24 heavy (non-hydrogen) atoms. The van der Waals surface area contributed by atoms with E-state index in [0.717, 1.165) is 24.8 Å². The Morgan fingerprint density at radius 3 is 2.42 bits per heavy atom. The summed E-state index contributed by atoms with van der Waals surface area (Å²) in [5.41, 5.74) is 1.58. The summed E-state index contributed by atoms with van der Waals surface area (Å²) in [6.45, 7) is 1.17. The van der Waals surface area contributed by atoms with E-state index in [9.17, 15) is 13.2 Å². The van der Waals surface area contributed by atoms with E-state index < -0.39 is 10.0 Å². The van der Waals surface area contributed by atoms with Crippen LogP contribution in [0.3, 0.4) is 0 Å². The van der Waals surface area contributed by atoms with E-state index >= 15 is 0 Å². The number of piperidine rings is 1. The zero-order chi connectivity index (χ0) is 17.0. The van der Waals surface area contributed by atoms with Gasteiger partial charge in [-0.05, 0) is 59.5 Å².